The van der Waals surface area contributed by atoms with E-state index in [1.807, 2.05) is 18.2 Å². The van der Waals surface area contributed by atoms with Gasteiger partial charge in [0.15, 0.2) is 0 Å². The molecule has 0 aliphatic heterocycles. The summed E-state index contributed by atoms with van der Waals surface area (Å²) in [6, 6.07) is 37.0. The predicted molar refractivity (Wildman–Crippen MR) is 132 cm³/mol. The number of rotatable bonds is 3. The highest BCUT2D eigenvalue weighted by Crippen LogP contribution is 2.39. The van der Waals surface area contributed by atoms with Gasteiger partial charge in [-0.2, -0.15) is 0 Å². The van der Waals surface area contributed by atoms with E-state index in [1.54, 1.807) is 0 Å². The van der Waals surface area contributed by atoms with Crippen LogP contribution < -0.4 is 5.73 Å². The molecule has 2 N–H and O–H groups in total. The second kappa shape index (κ2) is 7.14. The zero-order valence-corrected chi connectivity index (χ0v) is 17.3. The van der Waals surface area contributed by atoms with Crippen LogP contribution in [0.2, 0.25) is 0 Å². The van der Waals surface area contributed by atoms with Gasteiger partial charge in [-0.1, -0.05) is 78.9 Å². The minimum Gasteiger partial charge on any atom is -0.399 e. The van der Waals surface area contributed by atoms with Crippen LogP contribution in [0.25, 0.3) is 44.2 Å². The normalized spacial score (nSPS) is 12.4. The molecule has 1 aliphatic rings. The molecule has 1 heteroatoms. The zero-order chi connectivity index (χ0) is 20.8. The molecule has 0 saturated carbocycles. The van der Waals surface area contributed by atoms with Crippen LogP contribution in [-0.2, 0) is 12.8 Å². The van der Waals surface area contributed by atoms with E-state index in [0.29, 0.717) is 0 Å². The van der Waals surface area contributed by atoms with Crippen LogP contribution in [0.4, 0.5) is 5.69 Å². The van der Waals surface area contributed by atoms with E-state index in [2.05, 4.69) is 84.9 Å². The van der Waals surface area contributed by atoms with E-state index in [-0.39, 0.29) is 0 Å². The van der Waals surface area contributed by atoms with Gasteiger partial charge in [0, 0.05) is 5.69 Å². The molecule has 0 unspecified atom stereocenters. The molecule has 5 aromatic rings. The van der Waals surface area contributed by atoms with Gasteiger partial charge in [-0.3, -0.25) is 0 Å². The fourth-order valence-corrected chi connectivity index (χ4v) is 4.80. The van der Waals surface area contributed by atoms with E-state index in [9.17, 15) is 0 Å². The highest BCUT2D eigenvalue weighted by molar-refractivity contribution is 6.00. The van der Waals surface area contributed by atoms with Crippen molar-refractivity contribution in [3.8, 4) is 33.4 Å². The highest BCUT2D eigenvalue weighted by Gasteiger charge is 2.19. The quantitative estimate of drug-likeness (QED) is 0.313. The molecule has 0 aromatic heterocycles. The fraction of sp³-hybridized carbons (Fsp3) is 0.0667. The van der Waals surface area contributed by atoms with E-state index < -0.39 is 0 Å². The Morgan fingerprint density at radius 2 is 1.06 bits per heavy atom. The first-order valence-corrected chi connectivity index (χ1v) is 10.9. The molecule has 5 aromatic carbocycles. The number of nitrogen functional groups attached to an aromatic ring is 1. The Morgan fingerprint density at radius 1 is 0.484 bits per heavy atom. The average molecular weight is 398 g/mol. The van der Waals surface area contributed by atoms with Crippen molar-refractivity contribution in [3.05, 3.63) is 114 Å². The van der Waals surface area contributed by atoms with Gasteiger partial charge < -0.3 is 5.73 Å². The molecule has 1 nitrogen and oxygen atoms in total. The summed E-state index contributed by atoms with van der Waals surface area (Å²) in [6.07, 6.45) is 2.39. The number of benzene rings is 5. The summed E-state index contributed by atoms with van der Waals surface area (Å²) in [7, 11) is 0. The first kappa shape index (κ1) is 18.0. The lowest BCUT2D eigenvalue weighted by Gasteiger charge is -2.23. The first-order valence-electron chi connectivity index (χ1n) is 10.9. The van der Waals surface area contributed by atoms with E-state index >= 15 is 0 Å². The van der Waals surface area contributed by atoms with E-state index in [1.165, 1.54) is 62.6 Å². The molecule has 31 heavy (non-hydrogen) atoms. The minimum atomic E-state index is 0.789. The van der Waals surface area contributed by atoms with Crippen LogP contribution in [0.15, 0.2) is 103 Å². The largest absolute Gasteiger partial charge is 0.399 e. The minimum absolute atomic E-state index is 0.789. The summed E-state index contributed by atoms with van der Waals surface area (Å²) in [5.41, 5.74) is 17.2. The molecule has 0 heterocycles. The van der Waals surface area contributed by atoms with Crippen molar-refractivity contribution in [2.45, 2.75) is 12.8 Å². The number of nitrogens with two attached hydrogens (primary N) is 1. The summed E-state index contributed by atoms with van der Waals surface area (Å²) in [6.45, 7) is 0. The molecule has 0 fully saturated rings. The molecule has 0 radical (unpaired) electrons. The number of aryl methyl sites for hydroxylation is 2. The molecule has 0 bridgehead atoms. The number of fused-ring (bicyclic) bond motifs is 3. The summed E-state index contributed by atoms with van der Waals surface area (Å²) < 4.78 is 0. The van der Waals surface area contributed by atoms with E-state index in [4.69, 9.17) is 5.73 Å². The Bertz CT molecular complexity index is 1440. The van der Waals surface area contributed by atoms with Gasteiger partial charge in [-0.15, -0.1) is 0 Å². The molecular weight excluding hydrogens is 374 g/mol. The van der Waals surface area contributed by atoms with Crippen LogP contribution >= 0.6 is 0 Å². The van der Waals surface area contributed by atoms with E-state index in [0.717, 1.165) is 11.3 Å². The van der Waals surface area contributed by atoms with Crippen LogP contribution in [0.1, 0.15) is 11.1 Å². The maximum absolute atomic E-state index is 6.00. The van der Waals surface area contributed by atoms with Crippen LogP contribution in [0.3, 0.4) is 0 Å². The fourth-order valence-electron chi connectivity index (χ4n) is 4.80. The van der Waals surface area contributed by atoms with Crippen LogP contribution in [-0.4, -0.2) is 0 Å². The lowest BCUT2D eigenvalue weighted by molar-refractivity contribution is 0.852. The summed E-state index contributed by atoms with van der Waals surface area (Å²) in [4.78, 5) is 0. The molecule has 0 amide bonds. The molecule has 0 atom stereocenters. The zero-order valence-electron chi connectivity index (χ0n) is 17.3. The molecule has 6 rings (SSSR count). The van der Waals surface area contributed by atoms with Crippen molar-refractivity contribution in [1.82, 2.24) is 0 Å². The maximum atomic E-state index is 6.00. The summed E-state index contributed by atoms with van der Waals surface area (Å²) in [5, 5.41) is 2.77. The maximum Gasteiger partial charge on any atom is 0.0320 e. The Labute approximate surface area is 182 Å². The molecule has 148 valence electrons. The third-order valence-electron chi connectivity index (χ3n) is 6.48. The third-order valence-corrected chi connectivity index (χ3v) is 6.48. The number of hydrogen-bond acceptors (Lipinski definition) is 1. The molecule has 0 saturated heterocycles. The topological polar surface area (TPSA) is 26.0 Å². The number of hydrogen-bond donors (Lipinski definition) is 1. The van der Waals surface area contributed by atoms with Gasteiger partial charge in [0.1, 0.15) is 0 Å². The SMILES string of the molecule is Nc1cccc(-c2cccc(-c3cccc(-c4cc5c(c6ccccc46)CC5)c3)c2)c1. The van der Waals surface area contributed by atoms with Crippen molar-refractivity contribution in [2.75, 3.05) is 5.73 Å². The van der Waals surface area contributed by atoms with Crippen molar-refractivity contribution < 1.29 is 0 Å². The standard InChI is InChI=1S/C30H23N/c31-26-11-5-9-23(18-26)21-7-3-6-20(16-21)22-8-4-10-24(17-22)30-19-25-14-15-27(25)28-12-1-2-13-29(28)30/h1-13,16-19H,14-15,31H2. The Balaban J connectivity index is 1.46. The molecule has 0 spiro atoms. The number of anilines is 1. The van der Waals surface area contributed by atoms with Gasteiger partial charge in [0.25, 0.3) is 0 Å². The van der Waals surface area contributed by atoms with Crippen molar-refractivity contribution in [2.24, 2.45) is 0 Å². The van der Waals surface area contributed by atoms with Crippen LogP contribution in [0.5, 0.6) is 0 Å². The second-order valence-electron chi connectivity index (χ2n) is 8.39. The van der Waals surface area contributed by atoms with Crippen molar-refractivity contribution in [1.29, 1.82) is 0 Å². The van der Waals surface area contributed by atoms with Gasteiger partial charge in [-0.05, 0) is 92.4 Å². The van der Waals surface area contributed by atoms with Gasteiger partial charge in [0.2, 0.25) is 0 Å². The van der Waals surface area contributed by atoms with Crippen LogP contribution in [0, 0.1) is 0 Å². The lowest BCUT2D eigenvalue weighted by atomic mass is 9.81. The van der Waals surface area contributed by atoms with Gasteiger partial charge in [0.05, 0.1) is 0 Å². The van der Waals surface area contributed by atoms with Gasteiger partial charge in [-0.25, -0.2) is 0 Å². The predicted octanol–water partition coefficient (Wildman–Crippen LogP) is 7.52. The molecule has 1 aliphatic carbocycles. The average Bonchev–Trinajstić information content (AvgIpc) is 2.79. The Hall–Kier alpha value is -3.84. The Kier molecular flexibility index (Phi) is 4.14. The second-order valence-corrected chi connectivity index (χ2v) is 8.39. The van der Waals surface area contributed by atoms with Crippen molar-refractivity contribution in [3.63, 3.8) is 0 Å². The van der Waals surface area contributed by atoms with Gasteiger partial charge >= 0.3 is 0 Å². The third kappa shape index (κ3) is 3.10. The Morgan fingerprint density at radius 3 is 1.71 bits per heavy atom. The molecular formula is C30H23N. The summed E-state index contributed by atoms with van der Waals surface area (Å²) >= 11 is 0. The monoisotopic (exact) mass is 397 g/mol. The first-order chi connectivity index (χ1) is 15.3. The highest BCUT2D eigenvalue weighted by atomic mass is 14.5. The lowest BCUT2D eigenvalue weighted by Crippen LogP contribution is -2.09. The van der Waals surface area contributed by atoms with Crippen molar-refractivity contribution >= 4 is 16.5 Å². The smallest absolute Gasteiger partial charge is 0.0320 e. The summed E-state index contributed by atoms with van der Waals surface area (Å²) in [5.74, 6) is 0.